The highest BCUT2D eigenvalue weighted by molar-refractivity contribution is 5.07. The second-order valence-corrected chi connectivity index (χ2v) is 3.79. The second-order valence-electron chi connectivity index (χ2n) is 3.79. The van der Waals surface area contributed by atoms with E-state index >= 15 is 0 Å². The van der Waals surface area contributed by atoms with Gasteiger partial charge in [0.2, 0.25) is 0 Å². The monoisotopic (exact) mass is 209 g/mol. The van der Waals surface area contributed by atoms with Crippen LogP contribution in [0.15, 0.2) is 24.5 Å². The molecule has 0 fully saturated rings. The minimum absolute atomic E-state index is 0.336. The van der Waals surface area contributed by atoms with Gasteiger partial charge in [0.05, 0.1) is 6.10 Å². The molecule has 0 amide bonds. The zero-order valence-corrected chi connectivity index (χ0v) is 9.13. The van der Waals surface area contributed by atoms with Crippen LogP contribution in [0.1, 0.15) is 12.0 Å². The van der Waals surface area contributed by atoms with Gasteiger partial charge >= 0.3 is 0 Å². The molecule has 84 valence electrons. The van der Waals surface area contributed by atoms with E-state index in [0.717, 1.165) is 12.1 Å². The van der Waals surface area contributed by atoms with Crippen LogP contribution in [0.25, 0.3) is 0 Å². The van der Waals surface area contributed by atoms with Gasteiger partial charge in [-0.15, -0.1) is 0 Å². The van der Waals surface area contributed by atoms with Gasteiger partial charge in [-0.3, -0.25) is 9.88 Å². The van der Waals surface area contributed by atoms with Crippen molar-refractivity contribution in [3.8, 4) is 0 Å². The van der Waals surface area contributed by atoms with Gasteiger partial charge in [0.15, 0.2) is 0 Å². The van der Waals surface area contributed by atoms with Gasteiger partial charge in [-0.1, -0.05) is 6.07 Å². The lowest BCUT2D eigenvalue weighted by molar-refractivity contribution is 0.117. The SMILES string of the molecule is CN(Cc1cccnc1)CC(O)CCN. The van der Waals surface area contributed by atoms with Crippen molar-refractivity contribution in [2.75, 3.05) is 20.1 Å². The lowest BCUT2D eigenvalue weighted by Gasteiger charge is -2.19. The van der Waals surface area contributed by atoms with Gasteiger partial charge in [0.1, 0.15) is 0 Å². The Labute approximate surface area is 90.7 Å². The molecule has 0 aliphatic heterocycles. The molecule has 1 heterocycles. The van der Waals surface area contributed by atoms with Crippen molar-refractivity contribution in [3.05, 3.63) is 30.1 Å². The maximum absolute atomic E-state index is 9.56. The summed E-state index contributed by atoms with van der Waals surface area (Å²) < 4.78 is 0. The average molecular weight is 209 g/mol. The first-order valence-corrected chi connectivity index (χ1v) is 5.18. The van der Waals surface area contributed by atoms with E-state index in [4.69, 9.17) is 5.73 Å². The van der Waals surface area contributed by atoms with Crippen LogP contribution in [0.5, 0.6) is 0 Å². The zero-order chi connectivity index (χ0) is 11.1. The summed E-state index contributed by atoms with van der Waals surface area (Å²) >= 11 is 0. The van der Waals surface area contributed by atoms with Gasteiger partial charge < -0.3 is 10.8 Å². The van der Waals surface area contributed by atoms with Gasteiger partial charge in [0.25, 0.3) is 0 Å². The Hall–Kier alpha value is -0.970. The molecule has 0 aliphatic rings. The lowest BCUT2D eigenvalue weighted by Crippen LogP contribution is -2.30. The summed E-state index contributed by atoms with van der Waals surface area (Å²) in [5.74, 6) is 0. The molecular formula is C11H19N3O. The summed E-state index contributed by atoms with van der Waals surface area (Å²) in [7, 11) is 1.98. The number of hydrogen-bond donors (Lipinski definition) is 2. The van der Waals surface area contributed by atoms with E-state index in [0.29, 0.717) is 19.5 Å². The van der Waals surface area contributed by atoms with Crippen LogP contribution in [0, 0.1) is 0 Å². The quantitative estimate of drug-likeness (QED) is 0.703. The fourth-order valence-electron chi connectivity index (χ4n) is 1.51. The molecule has 0 saturated carbocycles. The fraction of sp³-hybridized carbons (Fsp3) is 0.545. The Morgan fingerprint density at radius 3 is 3.00 bits per heavy atom. The Kier molecular flexibility index (Phi) is 5.25. The van der Waals surface area contributed by atoms with Crippen LogP contribution in [-0.2, 0) is 6.54 Å². The Bertz CT molecular complexity index is 266. The molecule has 0 aliphatic carbocycles. The van der Waals surface area contributed by atoms with E-state index in [1.54, 1.807) is 6.20 Å². The highest BCUT2D eigenvalue weighted by Gasteiger charge is 2.07. The number of rotatable bonds is 6. The summed E-state index contributed by atoms with van der Waals surface area (Å²) in [5, 5.41) is 9.56. The van der Waals surface area contributed by atoms with Crippen molar-refractivity contribution >= 4 is 0 Å². The maximum Gasteiger partial charge on any atom is 0.0679 e. The van der Waals surface area contributed by atoms with Crippen LogP contribution in [-0.4, -0.2) is 41.2 Å². The summed E-state index contributed by atoms with van der Waals surface area (Å²) in [6.45, 7) is 1.98. The van der Waals surface area contributed by atoms with Crippen LogP contribution in [0.2, 0.25) is 0 Å². The average Bonchev–Trinajstić information content (AvgIpc) is 2.19. The number of likely N-dealkylation sites (N-methyl/N-ethyl adjacent to an activating group) is 1. The van der Waals surface area contributed by atoms with Crippen LogP contribution in [0.3, 0.4) is 0 Å². The fourth-order valence-corrected chi connectivity index (χ4v) is 1.51. The third kappa shape index (κ3) is 4.88. The first-order chi connectivity index (χ1) is 7.22. The molecule has 3 N–H and O–H groups in total. The summed E-state index contributed by atoms with van der Waals surface area (Å²) in [6, 6.07) is 3.94. The normalized spacial score (nSPS) is 13.1. The third-order valence-electron chi connectivity index (χ3n) is 2.20. The highest BCUT2D eigenvalue weighted by atomic mass is 16.3. The largest absolute Gasteiger partial charge is 0.392 e. The van der Waals surface area contributed by atoms with Crippen molar-refractivity contribution in [3.63, 3.8) is 0 Å². The molecule has 1 aromatic heterocycles. The van der Waals surface area contributed by atoms with Gasteiger partial charge in [-0.05, 0) is 31.6 Å². The summed E-state index contributed by atoms with van der Waals surface area (Å²) in [4.78, 5) is 6.11. The predicted molar refractivity (Wildman–Crippen MR) is 60.2 cm³/mol. The second kappa shape index (κ2) is 6.50. The standard InChI is InChI=1S/C11H19N3O/c1-14(9-11(15)4-5-12)8-10-3-2-6-13-7-10/h2-3,6-7,11,15H,4-5,8-9,12H2,1H3. The molecule has 4 nitrogen and oxygen atoms in total. The highest BCUT2D eigenvalue weighted by Crippen LogP contribution is 2.02. The molecule has 4 heteroatoms. The molecule has 0 bridgehead atoms. The number of nitrogens with zero attached hydrogens (tertiary/aromatic N) is 2. The molecular weight excluding hydrogens is 190 g/mol. The van der Waals surface area contributed by atoms with Crippen molar-refractivity contribution in [2.45, 2.75) is 19.1 Å². The molecule has 0 spiro atoms. The number of nitrogens with two attached hydrogens (primary N) is 1. The molecule has 15 heavy (non-hydrogen) atoms. The number of hydrogen-bond acceptors (Lipinski definition) is 4. The van der Waals surface area contributed by atoms with Crippen molar-refractivity contribution in [2.24, 2.45) is 5.73 Å². The van der Waals surface area contributed by atoms with Crippen molar-refractivity contribution < 1.29 is 5.11 Å². The van der Waals surface area contributed by atoms with Crippen LogP contribution in [0.4, 0.5) is 0 Å². The molecule has 0 radical (unpaired) electrons. The predicted octanol–water partition coefficient (Wildman–Crippen LogP) is 0.223. The van der Waals surface area contributed by atoms with Gasteiger partial charge in [-0.25, -0.2) is 0 Å². The van der Waals surface area contributed by atoms with E-state index in [1.807, 2.05) is 25.4 Å². The van der Waals surface area contributed by atoms with Crippen LogP contribution < -0.4 is 5.73 Å². The van der Waals surface area contributed by atoms with E-state index < -0.39 is 0 Å². The zero-order valence-electron chi connectivity index (χ0n) is 9.13. The Morgan fingerprint density at radius 1 is 1.60 bits per heavy atom. The first kappa shape index (κ1) is 12.1. The molecule has 1 rings (SSSR count). The maximum atomic E-state index is 9.56. The number of aliphatic hydroxyl groups is 1. The number of pyridine rings is 1. The van der Waals surface area contributed by atoms with Crippen molar-refractivity contribution in [1.29, 1.82) is 0 Å². The molecule has 1 aromatic rings. The van der Waals surface area contributed by atoms with E-state index in [1.165, 1.54) is 0 Å². The Balaban J connectivity index is 2.33. The van der Waals surface area contributed by atoms with E-state index in [-0.39, 0.29) is 6.10 Å². The molecule has 1 atom stereocenters. The number of aromatic nitrogens is 1. The third-order valence-corrected chi connectivity index (χ3v) is 2.20. The van der Waals surface area contributed by atoms with Crippen LogP contribution >= 0.6 is 0 Å². The van der Waals surface area contributed by atoms with Gasteiger partial charge in [-0.2, -0.15) is 0 Å². The summed E-state index contributed by atoms with van der Waals surface area (Å²) in [5.41, 5.74) is 6.52. The van der Waals surface area contributed by atoms with E-state index in [2.05, 4.69) is 9.88 Å². The van der Waals surface area contributed by atoms with Crippen molar-refractivity contribution in [1.82, 2.24) is 9.88 Å². The molecule has 0 aromatic carbocycles. The minimum atomic E-state index is -0.336. The lowest BCUT2D eigenvalue weighted by atomic mass is 10.2. The first-order valence-electron chi connectivity index (χ1n) is 5.18. The summed E-state index contributed by atoms with van der Waals surface area (Å²) in [6.07, 6.45) is 3.91. The van der Waals surface area contributed by atoms with Gasteiger partial charge in [0, 0.05) is 25.5 Å². The molecule has 1 unspecified atom stereocenters. The Morgan fingerprint density at radius 2 is 2.40 bits per heavy atom. The smallest absolute Gasteiger partial charge is 0.0679 e. The van der Waals surface area contributed by atoms with E-state index in [9.17, 15) is 5.11 Å². The molecule has 0 saturated heterocycles. The number of aliphatic hydroxyl groups excluding tert-OH is 1. The topological polar surface area (TPSA) is 62.4 Å². The minimum Gasteiger partial charge on any atom is -0.392 e.